The van der Waals surface area contributed by atoms with Crippen molar-refractivity contribution in [3.8, 4) is 0 Å². The van der Waals surface area contributed by atoms with Crippen LogP contribution in [-0.4, -0.2) is 5.78 Å². The van der Waals surface area contributed by atoms with Crippen LogP contribution in [0.5, 0.6) is 0 Å². The molecule has 0 N–H and O–H groups in total. The molecule has 1 heteroatoms. The molecule has 0 amide bonds. The molecule has 0 unspecified atom stereocenters. The summed E-state index contributed by atoms with van der Waals surface area (Å²) in [6.45, 7) is 8.12. The molecule has 0 spiro atoms. The Morgan fingerprint density at radius 2 is 2.33 bits per heavy atom. The van der Waals surface area contributed by atoms with Crippen molar-refractivity contribution in [2.24, 2.45) is 11.3 Å². The first-order chi connectivity index (χ1) is 5.55. The highest BCUT2D eigenvalue weighted by Crippen LogP contribution is 2.52. The Morgan fingerprint density at radius 1 is 1.67 bits per heavy atom. The van der Waals surface area contributed by atoms with Gasteiger partial charge in [0.15, 0.2) is 5.78 Å². The quantitative estimate of drug-likeness (QED) is 0.500. The third kappa shape index (κ3) is 0.715. The standard InChI is InChI=1S/C11H14O/c1-7-6-10(12)11(3)5-4-9(7)8(11)2/h6,9H,2,4-5H2,1,3H3/t9-,11-/m0/s1. The van der Waals surface area contributed by atoms with Crippen molar-refractivity contribution in [1.82, 2.24) is 0 Å². The molecule has 2 aliphatic rings. The fraction of sp³-hybridized carbons (Fsp3) is 0.545. The van der Waals surface area contributed by atoms with Crippen molar-refractivity contribution < 1.29 is 4.79 Å². The first-order valence-corrected chi connectivity index (χ1v) is 4.47. The number of allylic oxidation sites excluding steroid dienone is 3. The van der Waals surface area contributed by atoms with E-state index in [0.717, 1.165) is 18.4 Å². The van der Waals surface area contributed by atoms with Crippen LogP contribution in [0.1, 0.15) is 26.7 Å². The third-order valence-corrected chi connectivity index (χ3v) is 3.51. The number of carbonyl (C=O) groups is 1. The van der Waals surface area contributed by atoms with Crippen LogP contribution < -0.4 is 0 Å². The largest absolute Gasteiger partial charge is 0.294 e. The van der Waals surface area contributed by atoms with E-state index in [1.165, 1.54) is 5.57 Å². The maximum atomic E-state index is 11.7. The summed E-state index contributed by atoms with van der Waals surface area (Å²) in [6, 6.07) is 0. The molecule has 0 aromatic carbocycles. The summed E-state index contributed by atoms with van der Waals surface area (Å²) in [4.78, 5) is 11.7. The Hall–Kier alpha value is -0.850. The number of fused-ring (bicyclic) bond motifs is 2. The Morgan fingerprint density at radius 3 is 3.00 bits per heavy atom. The van der Waals surface area contributed by atoms with Crippen molar-refractivity contribution >= 4 is 5.78 Å². The minimum atomic E-state index is -0.218. The minimum Gasteiger partial charge on any atom is -0.294 e. The van der Waals surface area contributed by atoms with Gasteiger partial charge in [-0.25, -0.2) is 0 Å². The lowest BCUT2D eigenvalue weighted by molar-refractivity contribution is -0.121. The topological polar surface area (TPSA) is 17.1 Å². The molecule has 2 aliphatic carbocycles. The van der Waals surface area contributed by atoms with Gasteiger partial charge in [-0.15, -0.1) is 0 Å². The molecule has 0 aliphatic heterocycles. The van der Waals surface area contributed by atoms with Gasteiger partial charge in [0, 0.05) is 5.92 Å². The molecule has 0 aromatic heterocycles. The van der Waals surface area contributed by atoms with Crippen LogP contribution in [0.25, 0.3) is 0 Å². The number of hydrogen-bond donors (Lipinski definition) is 0. The zero-order chi connectivity index (χ0) is 8.93. The Kier molecular flexibility index (Phi) is 1.36. The maximum Gasteiger partial charge on any atom is 0.165 e. The molecule has 0 aromatic rings. The maximum absolute atomic E-state index is 11.7. The van der Waals surface area contributed by atoms with Crippen LogP contribution in [0.3, 0.4) is 0 Å². The minimum absolute atomic E-state index is 0.218. The van der Waals surface area contributed by atoms with Gasteiger partial charge in [-0.2, -0.15) is 0 Å². The summed E-state index contributed by atoms with van der Waals surface area (Å²) in [5.41, 5.74) is 2.14. The number of ketones is 1. The van der Waals surface area contributed by atoms with E-state index in [9.17, 15) is 4.79 Å². The van der Waals surface area contributed by atoms with Crippen LogP contribution in [0.15, 0.2) is 23.8 Å². The van der Waals surface area contributed by atoms with E-state index < -0.39 is 0 Å². The summed E-state index contributed by atoms with van der Waals surface area (Å²) in [7, 11) is 0. The predicted octanol–water partition coefficient (Wildman–Crippen LogP) is 2.49. The molecule has 1 nitrogen and oxygen atoms in total. The Labute approximate surface area is 73.2 Å². The van der Waals surface area contributed by atoms with Crippen molar-refractivity contribution in [3.63, 3.8) is 0 Å². The highest BCUT2D eigenvalue weighted by atomic mass is 16.1. The van der Waals surface area contributed by atoms with Crippen molar-refractivity contribution in [2.45, 2.75) is 26.7 Å². The van der Waals surface area contributed by atoms with Gasteiger partial charge in [-0.3, -0.25) is 4.79 Å². The average molecular weight is 162 g/mol. The van der Waals surface area contributed by atoms with Crippen LogP contribution in [-0.2, 0) is 4.79 Å². The summed E-state index contributed by atoms with van der Waals surface area (Å²) in [5.74, 6) is 0.756. The van der Waals surface area contributed by atoms with Crippen molar-refractivity contribution in [3.05, 3.63) is 23.8 Å². The predicted molar refractivity (Wildman–Crippen MR) is 48.7 cm³/mol. The third-order valence-electron chi connectivity index (χ3n) is 3.51. The first kappa shape index (κ1) is 7.78. The molecule has 1 saturated carbocycles. The van der Waals surface area contributed by atoms with Crippen LogP contribution in [0.2, 0.25) is 0 Å². The number of rotatable bonds is 0. The van der Waals surface area contributed by atoms with Gasteiger partial charge in [-0.1, -0.05) is 17.7 Å². The van der Waals surface area contributed by atoms with E-state index in [4.69, 9.17) is 0 Å². The second kappa shape index (κ2) is 2.09. The fourth-order valence-corrected chi connectivity index (χ4v) is 2.40. The molecule has 2 rings (SSSR count). The summed E-state index contributed by atoms with van der Waals surface area (Å²) >= 11 is 0. The second-order valence-corrected chi connectivity index (χ2v) is 4.20. The zero-order valence-electron chi connectivity index (χ0n) is 7.68. The van der Waals surface area contributed by atoms with Gasteiger partial charge < -0.3 is 0 Å². The van der Waals surface area contributed by atoms with Crippen LogP contribution in [0, 0.1) is 11.3 Å². The molecule has 64 valence electrons. The second-order valence-electron chi connectivity index (χ2n) is 4.20. The Balaban J connectivity index is 2.55. The summed E-state index contributed by atoms with van der Waals surface area (Å²) in [6.07, 6.45) is 3.92. The van der Waals surface area contributed by atoms with Crippen molar-refractivity contribution in [1.29, 1.82) is 0 Å². The molecule has 2 atom stereocenters. The Bertz CT molecular complexity index is 298. The summed E-state index contributed by atoms with van der Waals surface area (Å²) in [5, 5.41) is 0. The number of carbonyl (C=O) groups excluding carboxylic acids is 1. The molecule has 2 bridgehead atoms. The normalized spacial score (nSPS) is 40.2. The van der Waals surface area contributed by atoms with Gasteiger partial charge in [0.05, 0.1) is 5.41 Å². The zero-order valence-corrected chi connectivity index (χ0v) is 7.68. The highest BCUT2D eigenvalue weighted by Gasteiger charge is 2.46. The lowest BCUT2D eigenvalue weighted by atomic mass is 9.74. The van der Waals surface area contributed by atoms with E-state index in [1.54, 1.807) is 0 Å². The molecule has 0 radical (unpaired) electrons. The molecule has 0 heterocycles. The monoisotopic (exact) mass is 162 g/mol. The van der Waals surface area contributed by atoms with E-state index in [-0.39, 0.29) is 11.2 Å². The lowest BCUT2D eigenvalue weighted by Gasteiger charge is -2.28. The first-order valence-electron chi connectivity index (χ1n) is 4.47. The SMILES string of the molecule is C=C1[C@H]2CC[C@]1(C)C(=O)C=C2C. The van der Waals surface area contributed by atoms with Gasteiger partial charge >= 0.3 is 0 Å². The smallest absolute Gasteiger partial charge is 0.165 e. The molecule has 1 fully saturated rings. The van der Waals surface area contributed by atoms with Gasteiger partial charge in [0.1, 0.15) is 0 Å². The van der Waals surface area contributed by atoms with Crippen molar-refractivity contribution in [2.75, 3.05) is 0 Å². The summed E-state index contributed by atoms with van der Waals surface area (Å²) < 4.78 is 0. The highest BCUT2D eigenvalue weighted by molar-refractivity contribution is 5.99. The fourth-order valence-electron chi connectivity index (χ4n) is 2.40. The van der Waals surface area contributed by atoms with E-state index in [2.05, 4.69) is 6.58 Å². The van der Waals surface area contributed by atoms with E-state index >= 15 is 0 Å². The number of hydrogen-bond acceptors (Lipinski definition) is 1. The molecule has 12 heavy (non-hydrogen) atoms. The van der Waals surface area contributed by atoms with Crippen LogP contribution >= 0.6 is 0 Å². The van der Waals surface area contributed by atoms with E-state index in [0.29, 0.717) is 5.92 Å². The molecule has 0 saturated heterocycles. The molecular formula is C11H14O. The average Bonchev–Trinajstić information content (AvgIpc) is 2.23. The van der Waals surface area contributed by atoms with Gasteiger partial charge in [-0.05, 0) is 32.8 Å². The van der Waals surface area contributed by atoms with Gasteiger partial charge in [0.25, 0.3) is 0 Å². The van der Waals surface area contributed by atoms with Gasteiger partial charge in [0.2, 0.25) is 0 Å². The van der Waals surface area contributed by atoms with Crippen LogP contribution in [0.4, 0.5) is 0 Å². The van der Waals surface area contributed by atoms with E-state index in [1.807, 2.05) is 19.9 Å². The lowest BCUT2D eigenvalue weighted by Crippen LogP contribution is -2.28. The molecular weight excluding hydrogens is 148 g/mol.